The van der Waals surface area contributed by atoms with Crippen LogP contribution in [0.5, 0.6) is 0 Å². The van der Waals surface area contributed by atoms with E-state index in [4.69, 9.17) is 9.72 Å². The molecule has 0 radical (unpaired) electrons. The standard InChI is InChI=1S/C30H25F4N7OS2/c1-2-41-16-23(22-13-19(5-8-24(22)41)28-36-21(17-43-28)15-40-9-11-42-12-10-40)27(30(32,33)34)38-39-29-37-26(25(14-35)44-29)18-3-6-20(31)7-4-18/h3-8,13,16-17H,2,9-12,15H2,1H3,(H,37,39)/b38-27-. The summed E-state index contributed by atoms with van der Waals surface area (Å²) in [6, 6.07) is 12.7. The molecule has 0 saturated carbocycles. The molecule has 1 aliphatic heterocycles. The minimum Gasteiger partial charge on any atom is -0.379 e. The molecule has 1 aliphatic rings. The number of morpholine rings is 1. The Hall–Kier alpha value is -4.16. The summed E-state index contributed by atoms with van der Waals surface area (Å²) in [7, 11) is 0. The first-order valence-corrected chi connectivity index (χ1v) is 15.4. The molecule has 226 valence electrons. The van der Waals surface area contributed by atoms with Gasteiger partial charge >= 0.3 is 6.18 Å². The SMILES string of the molecule is CCn1cc(/C(=N/Nc2nc(-c3ccc(F)cc3)c(C#N)s2)C(F)(F)F)c2cc(-c3nc(CN4CCOCC4)cs3)ccc21. The highest BCUT2D eigenvalue weighted by atomic mass is 32.1. The van der Waals surface area contributed by atoms with E-state index >= 15 is 0 Å². The second-order valence-corrected chi connectivity index (χ2v) is 11.8. The van der Waals surface area contributed by atoms with Gasteiger partial charge in [-0.2, -0.15) is 23.5 Å². The average Bonchev–Trinajstić information content (AvgIpc) is 3.75. The van der Waals surface area contributed by atoms with Gasteiger partial charge < -0.3 is 9.30 Å². The molecule has 4 heterocycles. The molecule has 0 atom stereocenters. The van der Waals surface area contributed by atoms with Crippen LogP contribution in [0.4, 0.5) is 22.7 Å². The third-order valence-electron chi connectivity index (χ3n) is 7.14. The van der Waals surface area contributed by atoms with E-state index in [0.717, 1.165) is 30.1 Å². The Morgan fingerprint density at radius 1 is 1.11 bits per heavy atom. The Morgan fingerprint density at radius 3 is 2.57 bits per heavy atom. The number of hydrogen-bond acceptors (Lipinski definition) is 9. The van der Waals surface area contributed by atoms with Gasteiger partial charge in [-0.1, -0.05) is 11.3 Å². The lowest BCUT2D eigenvalue weighted by Gasteiger charge is -2.25. The third kappa shape index (κ3) is 6.22. The number of aryl methyl sites for hydroxylation is 1. The van der Waals surface area contributed by atoms with E-state index in [0.29, 0.717) is 53.3 Å². The molecule has 8 nitrogen and oxygen atoms in total. The average molecular weight is 640 g/mol. The van der Waals surface area contributed by atoms with Crippen LogP contribution >= 0.6 is 22.7 Å². The van der Waals surface area contributed by atoms with E-state index in [1.54, 1.807) is 16.7 Å². The van der Waals surface area contributed by atoms with E-state index in [1.807, 2.05) is 24.4 Å². The van der Waals surface area contributed by atoms with Gasteiger partial charge in [-0.15, -0.1) is 11.3 Å². The summed E-state index contributed by atoms with van der Waals surface area (Å²) in [5.74, 6) is -0.460. The van der Waals surface area contributed by atoms with Crippen molar-refractivity contribution in [2.45, 2.75) is 26.2 Å². The number of rotatable bonds is 8. The highest BCUT2D eigenvalue weighted by Crippen LogP contribution is 2.35. The van der Waals surface area contributed by atoms with Crippen molar-refractivity contribution >= 4 is 44.4 Å². The molecule has 1 fully saturated rings. The molecular weight excluding hydrogens is 615 g/mol. The first-order chi connectivity index (χ1) is 21.2. The smallest absolute Gasteiger partial charge is 0.379 e. The summed E-state index contributed by atoms with van der Waals surface area (Å²) in [5.41, 5.74) is 4.14. The van der Waals surface area contributed by atoms with Gasteiger partial charge in [0.25, 0.3) is 0 Å². The number of halogens is 4. The van der Waals surface area contributed by atoms with Crippen molar-refractivity contribution in [3.05, 3.63) is 76.0 Å². The molecule has 14 heteroatoms. The van der Waals surface area contributed by atoms with Crippen LogP contribution in [0.25, 0.3) is 32.7 Å². The molecule has 0 unspecified atom stereocenters. The first kappa shape index (κ1) is 29.9. The number of hydrogen-bond donors (Lipinski definition) is 1. The summed E-state index contributed by atoms with van der Waals surface area (Å²) < 4.78 is 64.2. The number of hydrazone groups is 1. The number of anilines is 1. The maximum absolute atomic E-state index is 14.5. The second kappa shape index (κ2) is 12.4. The maximum Gasteiger partial charge on any atom is 0.435 e. The van der Waals surface area contributed by atoms with Gasteiger partial charge in [0, 0.05) is 65.3 Å². The number of thiazole rings is 2. The molecule has 2 aromatic carbocycles. The molecule has 3 aromatic heterocycles. The van der Waals surface area contributed by atoms with Gasteiger partial charge in [-0.05, 0) is 49.4 Å². The van der Waals surface area contributed by atoms with Gasteiger partial charge in [-0.25, -0.2) is 14.4 Å². The number of nitrogens with one attached hydrogen (secondary N) is 1. The largest absolute Gasteiger partial charge is 0.435 e. The maximum atomic E-state index is 14.5. The Kier molecular flexibility index (Phi) is 8.46. The molecule has 0 spiro atoms. The zero-order valence-corrected chi connectivity index (χ0v) is 25.0. The fourth-order valence-corrected chi connectivity index (χ4v) is 6.54. The second-order valence-electron chi connectivity index (χ2n) is 9.98. The Morgan fingerprint density at radius 2 is 1.86 bits per heavy atom. The summed E-state index contributed by atoms with van der Waals surface area (Å²) in [6.07, 6.45) is -3.36. The number of nitriles is 1. The minimum atomic E-state index is -4.81. The Bertz CT molecular complexity index is 1860. The molecule has 44 heavy (non-hydrogen) atoms. The van der Waals surface area contributed by atoms with Gasteiger partial charge in [-0.3, -0.25) is 10.3 Å². The zero-order valence-electron chi connectivity index (χ0n) is 23.4. The van der Waals surface area contributed by atoms with Crippen molar-refractivity contribution in [1.29, 1.82) is 5.26 Å². The van der Waals surface area contributed by atoms with Crippen LogP contribution in [0.2, 0.25) is 0 Å². The number of nitrogens with zero attached hydrogens (tertiary/aromatic N) is 6. The molecule has 6 rings (SSSR count). The van der Waals surface area contributed by atoms with E-state index in [9.17, 15) is 22.8 Å². The molecular formula is C30H25F4N7OS2. The fourth-order valence-electron chi connectivity index (χ4n) is 5.01. The number of aromatic nitrogens is 3. The van der Waals surface area contributed by atoms with Crippen molar-refractivity contribution in [1.82, 2.24) is 19.4 Å². The Balaban J connectivity index is 1.34. The van der Waals surface area contributed by atoms with E-state index in [-0.39, 0.29) is 21.3 Å². The molecule has 1 N–H and O–H groups in total. The molecule has 1 saturated heterocycles. The lowest BCUT2D eigenvalue weighted by molar-refractivity contribution is -0.0580. The normalized spacial score (nSPS) is 14.7. The molecule has 5 aromatic rings. The molecule has 0 bridgehead atoms. The summed E-state index contributed by atoms with van der Waals surface area (Å²) in [6.45, 7) is 6.01. The van der Waals surface area contributed by atoms with Crippen molar-refractivity contribution in [3.63, 3.8) is 0 Å². The lowest BCUT2D eigenvalue weighted by atomic mass is 10.1. The van der Waals surface area contributed by atoms with Crippen LogP contribution < -0.4 is 5.43 Å². The van der Waals surface area contributed by atoms with E-state index in [1.165, 1.54) is 41.8 Å². The van der Waals surface area contributed by atoms with E-state index < -0.39 is 17.7 Å². The topological polar surface area (TPSA) is 91.4 Å². The van der Waals surface area contributed by atoms with Crippen LogP contribution in [0.15, 0.2) is 59.1 Å². The molecule has 0 aliphatic carbocycles. The highest BCUT2D eigenvalue weighted by molar-refractivity contribution is 7.16. The number of alkyl halides is 3. The quantitative estimate of drug-likeness (QED) is 0.110. The van der Waals surface area contributed by atoms with Crippen molar-refractivity contribution in [3.8, 4) is 27.9 Å². The fraction of sp³-hybridized carbons (Fsp3) is 0.267. The van der Waals surface area contributed by atoms with Gasteiger partial charge in [0.2, 0.25) is 5.13 Å². The highest BCUT2D eigenvalue weighted by Gasteiger charge is 2.39. The van der Waals surface area contributed by atoms with Crippen LogP contribution in [0, 0.1) is 17.1 Å². The van der Waals surface area contributed by atoms with Crippen molar-refractivity contribution < 1.29 is 22.3 Å². The minimum absolute atomic E-state index is 0.00173. The first-order valence-electron chi connectivity index (χ1n) is 13.7. The van der Waals surface area contributed by atoms with Crippen molar-refractivity contribution in [2.75, 3.05) is 31.7 Å². The van der Waals surface area contributed by atoms with Crippen LogP contribution in [0.3, 0.4) is 0 Å². The van der Waals surface area contributed by atoms with Crippen molar-refractivity contribution in [2.24, 2.45) is 5.10 Å². The van der Waals surface area contributed by atoms with Gasteiger partial charge in [0.1, 0.15) is 27.5 Å². The number of ether oxygens (including phenoxy) is 1. The van der Waals surface area contributed by atoms with Crippen LogP contribution in [-0.2, 0) is 17.8 Å². The predicted octanol–water partition coefficient (Wildman–Crippen LogP) is 7.13. The van der Waals surface area contributed by atoms with Crippen LogP contribution in [-0.4, -0.2) is 57.6 Å². The number of fused-ring (bicyclic) bond motifs is 1. The summed E-state index contributed by atoms with van der Waals surface area (Å²) in [5, 5.41) is 16.4. The zero-order chi connectivity index (χ0) is 30.8. The van der Waals surface area contributed by atoms with Crippen LogP contribution in [0.1, 0.15) is 23.1 Å². The predicted molar refractivity (Wildman–Crippen MR) is 163 cm³/mol. The Labute approximate surface area is 257 Å². The van der Waals surface area contributed by atoms with E-state index in [2.05, 4.69) is 20.4 Å². The monoisotopic (exact) mass is 639 g/mol. The summed E-state index contributed by atoms with van der Waals surface area (Å²) >= 11 is 2.31. The van der Waals surface area contributed by atoms with Gasteiger partial charge in [0.05, 0.1) is 18.9 Å². The molecule has 0 amide bonds. The summed E-state index contributed by atoms with van der Waals surface area (Å²) in [4.78, 5) is 11.5. The lowest BCUT2D eigenvalue weighted by Crippen LogP contribution is -2.35. The number of benzene rings is 2. The third-order valence-corrected chi connectivity index (χ3v) is 8.95. The van der Waals surface area contributed by atoms with Gasteiger partial charge in [0.15, 0.2) is 5.71 Å².